The first kappa shape index (κ1) is 22.3. The second-order valence-corrected chi connectivity index (χ2v) is 8.76. The lowest BCUT2D eigenvalue weighted by atomic mass is 10.2. The Labute approximate surface area is 182 Å². The summed E-state index contributed by atoms with van der Waals surface area (Å²) >= 11 is 0. The van der Waals surface area contributed by atoms with Crippen molar-refractivity contribution in [2.75, 3.05) is 38.1 Å². The number of rotatable bonds is 7. The highest BCUT2D eigenvalue weighted by molar-refractivity contribution is 7.89. The molecule has 1 amide bonds. The van der Waals surface area contributed by atoms with Gasteiger partial charge in [0.15, 0.2) is 0 Å². The number of amides is 1. The van der Waals surface area contributed by atoms with Crippen LogP contribution in [0.5, 0.6) is 5.75 Å². The van der Waals surface area contributed by atoms with E-state index in [4.69, 9.17) is 4.74 Å². The maximum absolute atomic E-state index is 12.7. The molecule has 1 saturated heterocycles. The molecule has 0 unspecified atom stereocenters. The van der Waals surface area contributed by atoms with Crippen molar-refractivity contribution in [2.24, 2.45) is 0 Å². The van der Waals surface area contributed by atoms with Gasteiger partial charge >= 0.3 is 0 Å². The van der Waals surface area contributed by atoms with Gasteiger partial charge in [-0.1, -0.05) is 18.2 Å². The topological polar surface area (TPSA) is 103 Å². The fourth-order valence-corrected chi connectivity index (χ4v) is 4.58. The zero-order valence-corrected chi connectivity index (χ0v) is 18.0. The van der Waals surface area contributed by atoms with Gasteiger partial charge in [-0.3, -0.25) is 4.79 Å². The Morgan fingerprint density at radius 2 is 1.74 bits per heavy atom. The van der Waals surface area contributed by atoms with Gasteiger partial charge in [-0.2, -0.15) is 9.57 Å². The molecule has 162 valence electrons. The van der Waals surface area contributed by atoms with Gasteiger partial charge < -0.3 is 15.0 Å². The zero-order valence-electron chi connectivity index (χ0n) is 17.2. The smallest absolute Gasteiger partial charge is 0.267 e. The molecular formula is C22H24N4O4S. The molecule has 0 radical (unpaired) electrons. The molecule has 0 saturated carbocycles. The number of hydrogen-bond donors (Lipinski definition) is 1. The molecule has 8 nitrogen and oxygen atoms in total. The molecule has 1 N–H and O–H groups in total. The van der Waals surface area contributed by atoms with E-state index in [1.165, 1.54) is 10.5 Å². The monoisotopic (exact) mass is 440 g/mol. The number of hydrogen-bond acceptors (Lipinski definition) is 6. The minimum absolute atomic E-state index is 0.0479. The molecule has 3 rings (SSSR count). The molecule has 0 spiro atoms. The number of nitrogens with zero attached hydrogens (tertiary/aromatic N) is 3. The van der Waals surface area contributed by atoms with Crippen LogP contribution in [0.4, 0.5) is 5.69 Å². The van der Waals surface area contributed by atoms with Crippen molar-refractivity contribution in [1.82, 2.24) is 9.21 Å². The quantitative estimate of drug-likeness (QED) is 0.524. The number of nitriles is 1. The van der Waals surface area contributed by atoms with Gasteiger partial charge in [-0.05, 0) is 43.3 Å². The summed E-state index contributed by atoms with van der Waals surface area (Å²) in [4.78, 5) is 14.5. The Kier molecular flexibility index (Phi) is 7.28. The average Bonchev–Trinajstić information content (AvgIpc) is 2.80. The highest BCUT2D eigenvalue weighted by Crippen LogP contribution is 2.19. The fourth-order valence-electron chi connectivity index (χ4n) is 3.13. The third kappa shape index (κ3) is 5.63. The Morgan fingerprint density at radius 1 is 1.10 bits per heavy atom. The van der Waals surface area contributed by atoms with Gasteiger partial charge in [0.25, 0.3) is 5.91 Å². The zero-order chi connectivity index (χ0) is 22.3. The molecular weight excluding hydrogens is 416 g/mol. The number of ether oxygens (including phenoxy) is 1. The van der Waals surface area contributed by atoms with Crippen molar-refractivity contribution < 1.29 is 17.9 Å². The number of anilines is 1. The summed E-state index contributed by atoms with van der Waals surface area (Å²) in [6.07, 6.45) is 1.48. The molecule has 0 bridgehead atoms. The molecule has 0 atom stereocenters. The lowest BCUT2D eigenvalue weighted by Crippen LogP contribution is -2.46. The first-order valence-corrected chi connectivity index (χ1v) is 11.3. The minimum atomic E-state index is -3.55. The van der Waals surface area contributed by atoms with E-state index < -0.39 is 15.9 Å². The largest absolute Gasteiger partial charge is 0.494 e. The van der Waals surface area contributed by atoms with E-state index in [1.54, 1.807) is 59.5 Å². The van der Waals surface area contributed by atoms with Crippen molar-refractivity contribution in [2.45, 2.75) is 11.8 Å². The molecule has 9 heteroatoms. The van der Waals surface area contributed by atoms with Crippen molar-refractivity contribution in [1.29, 1.82) is 5.26 Å². The van der Waals surface area contributed by atoms with Gasteiger partial charge in [0.1, 0.15) is 17.4 Å². The molecule has 1 aliphatic rings. The van der Waals surface area contributed by atoms with Crippen LogP contribution < -0.4 is 10.1 Å². The van der Waals surface area contributed by atoms with E-state index in [0.29, 0.717) is 31.1 Å². The number of carbonyl (C=O) groups is 1. The van der Waals surface area contributed by atoms with Crippen LogP contribution in [0.25, 0.3) is 0 Å². The van der Waals surface area contributed by atoms with Crippen LogP contribution in [-0.2, 0) is 14.8 Å². The molecule has 0 aliphatic carbocycles. The first-order valence-electron chi connectivity index (χ1n) is 9.89. The molecule has 31 heavy (non-hydrogen) atoms. The normalized spacial score (nSPS) is 15.2. The Hall–Kier alpha value is -3.35. The van der Waals surface area contributed by atoms with Crippen LogP contribution in [0, 0.1) is 11.3 Å². The molecule has 1 heterocycles. The summed E-state index contributed by atoms with van der Waals surface area (Å²) in [6.45, 7) is 3.74. The molecule has 2 aromatic rings. The third-order valence-corrected chi connectivity index (χ3v) is 6.67. The Balaban J connectivity index is 1.61. The summed E-state index contributed by atoms with van der Waals surface area (Å²) in [5.74, 6) is 0.172. The van der Waals surface area contributed by atoms with Crippen LogP contribution in [0.15, 0.2) is 71.3 Å². The van der Waals surface area contributed by atoms with Gasteiger partial charge in [0.05, 0.1) is 11.5 Å². The molecule has 2 aromatic carbocycles. The number of benzene rings is 2. The van der Waals surface area contributed by atoms with Gasteiger partial charge in [-0.15, -0.1) is 0 Å². The predicted octanol–water partition coefficient (Wildman–Crippen LogP) is 2.44. The maximum Gasteiger partial charge on any atom is 0.267 e. The summed E-state index contributed by atoms with van der Waals surface area (Å²) in [5, 5.41) is 12.1. The predicted molar refractivity (Wildman–Crippen MR) is 117 cm³/mol. The van der Waals surface area contributed by atoms with Crippen LogP contribution in [0.2, 0.25) is 0 Å². The van der Waals surface area contributed by atoms with Crippen molar-refractivity contribution in [3.8, 4) is 11.8 Å². The lowest BCUT2D eigenvalue weighted by Gasteiger charge is -2.33. The second-order valence-electron chi connectivity index (χ2n) is 6.82. The van der Waals surface area contributed by atoms with E-state index in [-0.39, 0.29) is 23.6 Å². The highest BCUT2D eigenvalue weighted by atomic mass is 32.2. The van der Waals surface area contributed by atoms with Crippen LogP contribution >= 0.6 is 0 Å². The van der Waals surface area contributed by atoms with Crippen LogP contribution in [0.3, 0.4) is 0 Å². The summed E-state index contributed by atoms with van der Waals surface area (Å²) in [6, 6.07) is 17.1. The first-order chi connectivity index (χ1) is 14.9. The minimum Gasteiger partial charge on any atom is -0.494 e. The summed E-state index contributed by atoms with van der Waals surface area (Å²) in [7, 11) is -3.55. The molecule has 1 aliphatic heterocycles. The van der Waals surface area contributed by atoms with E-state index in [0.717, 1.165) is 0 Å². The van der Waals surface area contributed by atoms with Crippen molar-refractivity contribution in [3.05, 3.63) is 66.4 Å². The van der Waals surface area contributed by atoms with Crippen molar-refractivity contribution in [3.63, 3.8) is 0 Å². The molecule has 0 aromatic heterocycles. The van der Waals surface area contributed by atoms with E-state index in [2.05, 4.69) is 5.32 Å². The Morgan fingerprint density at radius 3 is 2.32 bits per heavy atom. The number of sulfonamides is 1. The number of carbonyl (C=O) groups excluding carboxylic acids is 1. The van der Waals surface area contributed by atoms with E-state index in [9.17, 15) is 18.5 Å². The third-order valence-electron chi connectivity index (χ3n) is 4.75. The highest BCUT2D eigenvalue weighted by Gasteiger charge is 2.28. The number of piperazine rings is 1. The van der Waals surface area contributed by atoms with Crippen LogP contribution in [-0.4, -0.2) is 56.3 Å². The van der Waals surface area contributed by atoms with Gasteiger partial charge in [0.2, 0.25) is 10.0 Å². The van der Waals surface area contributed by atoms with E-state index >= 15 is 0 Å². The fraction of sp³-hybridized carbons (Fsp3) is 0.273. The number of nitrogens with one attached hydrogen (secondary N) is 1. The molecule has 1 fully saturated rings. The van der Waals surface area contributed by atoms with Gasteiger partial charge in [-0.25, -0.2) is 8.42 Å². The van der Waals surface area contributed by atoms with E-state index in [1.807, 2.05) is 13.0 Å². The second kappa shape index (κ2) is 10.1. The summed E-state index contributed by atoms with van der Waals surface area (Å²) < 4.78 is 32.2. The average molecular weight is 441 g/mol. The standard InChI is InChI=1S/C22H24N4O4S/c1-2-30-20-10-8-19(9-11-20)24-22(27)18(16-23)17-25-12-14-26(15-13-25)31(28,29)21-6-4-3-5-7-21/h3-11,17H,2,12-15H2,1H3,(H,24,27)/b18-17-. The van der Waals surface area contributed by atoms with Crippen LogP contribution in [0.1, 0.15) is 6.92 Å². The maximum atomic E-state index is 12.7. The van der Waals surface area contributed by atoms with Crippen molar-refractivity contribution >= 4 is 21.6 Å². The SMILES string of the molecule is CCOc1ccc(NC(=O)/C(C#N)=C\N2CCN(S(=O)(=O)c3ccccc3)CC2)cc1. The van der Waals surface area contributed by atoms with Gasteiger partial charge in [0, 0.05) is 38.1 Å². The Bertz CT molecular complexity index is 1070. The summed E-state index contributed by atoms with van der Waals surface area (Å²) in [5.41, 5.74) is 0.502. The lowest BCUT2D eigenvalue weighted by molar-refractivity contribution is -0.112.